The highest BCUT2D eigenvalue weighted by atomic mass is 16.5. The zero-order chi connectivity index (χ0) is 21.5. The number of nitrogens with one attached hydrogen (secondary N) is 1. The molecule has 2 aromatic heterocycles. The second-order valence-electron chi connectivity index (χ2n) is 9.01. The number of rotatable bonds is 6. The monoisotopic (exact) mass is 409 g/mol. The number of pyridine rings is 2. The van der Waals surface area contributed by atoms with E-state index in [-0.39, 0.29) is 17.1 Å². The molecule has 1 aliphatic heterocycles. The zero-order valence-corrected chi connectivity index (χ0v) is 17.9. The van der Waals surface area contributed by atoms with Crippen LogP contribution in [-0.2, 0) is 4.74 Å². The van der Waals surface area contributed by atoms with Crippen LogP contribution >= 0.6 is 0 Å². The van der Waals surface area contributed by atoms with Crippen molar-refractivity contribution in [3.05, 3.63) is 39.3 Å². The first kappa shape index (κ1) is 20.4. The average Bonchev–Trinajstić information content (AvgIpc) is 3.54. The Morgan fingerprint density at radius 3 is 2.70 bits per heavy atom. The fraction of sp³-hybridized carbons (Fsp3) is 0.522. The highest BCUT2D eigenvalue weighted by Gasteiger charge is 2.39. The van der Waals surface area contributed by atoms with Crippen molar-refractivity contribution in [2.24, 2.45) is 5.41 Å². The lowest BCUT2D eigenvalue weighted by atomic mass is 9.82. The summed E-state index contributed by atoms with van der Waals surface area (Å²) in [6.45, 7) is 7.37. The van der Waals surface area contributed by atoms with Crippen molar-refractivity contribution >= 4 is 0 Å². The summed E-state index contributed by atoms with van der Waals surface area (Å²) in [5, 5.41) is 9.33. The van der Waals surface area contributed by atoms with E-state index in [0.29, 0.717) is 36.3 Å². The second kappa shape index (κ2) is 7.77. The third-order valence-electron chi connectivity index (χ3n) is 5.44. The molecule has 0 radical (unpaired) electrons. The number of hydrogen-bond acceptors (Lipinski definition) is 6. The van der Waals surface area contributed by atoms with Crippen LogP contribution in [0.1, 0.15) is 68.9 Å². The Labute approximate surface area is 176 Å². The SMILES string of the molecule is COCCCOc1cc2c(nc1C1CC1)-c1[nH]c(=O)c(C#N)cc1C(C(C)(C)C)O2. The van der Waals surface area contributed by atoms with E-state index < -0.39 is 5.56 Å². The van der Waals surface area contributed by atoms with Gasteiger partial charge in [0.15, 0.2) is 5.75 Å². The van der Waals surface area contributed by atoms with Crippen molar-refractivity contribution in [2.75, 3.05) is 20.3 Å². The molecule has 7 nitrogen and oxygen atoms in total. The lowest BCUT2D eigenvalue weighted by Gasteiger charge is -2.36. The van der Waals surface area contributed by atoms with Crippen LogP contribution in [0, 0.1) is 16.7 Å². The minimum absolute atomic E-state index is 0.0792. The van der Waals surface area contributed by atoms with Gasteiger partial charge in [0.1, 0.15) is 29.2 Å². The summed E-state index contributed by atoms with van der Waals surface area (Å²) in [5.74, 6) is 1.69. The van der Waals surface area contributed by atoms with E-state index >= 15 is 0 Å². The molecule has 3 heterocycles. The Morgan fingerprint density at radius 1 is 1.30 bits per heavy atom. The van der Waals surface area contributed by atoms with Crippen molar-refractivity contribution in [1.82, 2.24) is 9.97 Å². The number of aromatic amines is 1. The molecule has 158 valence electrons. The summed E-state index contributed by atoms with van der Waals surface area (Å²) in [4.78, 5) is 20.2. The lowest BCUT2D eigenvalue weighted by molar-refractivity contribution is 0.0829. The van der Waals surface area contributed by atoms with Crippen molar-refractivity contribution in [3.8, 4) is 29.0 Å². The normalized spacial score (nSPS) is 17.5. The quantitative estimate of drug-likeness (QED) is 0.722. The number of aromatic nitrogens is 2. The van der Waals surface area contributed by atoms with Crippen LogP contribution in [0.5, 0.6) is 11.5 Å². The largest absolute Gasteiger partial charge is 0.491 e. The molecule has 1 aliphatic carbocycles. The van der Waals surface area contributed by atoms with Crippen LogP contribution in [0.3, 0.4) is 0 Å². The number of nitrogens with zero attached hydrogens (tertiary/aromatic N) is 2. The summed E-state index contributed by atoms with van der Waals surface area (Å²) in [5.41, 5.74) is 2.34. The molecule has 0 saturated heterocycles. The molecule has 2 aliphatic rings. The van der Waals surface area contributed by atoms with Gasteiger partial charge in [-0.05, 0) is 18.9 Å². The van der Waals surface area contributed by atoms with Gasteiger partial charge in [0.05, 0.1) is 18.0 Å². The van der Waals surface area contributed by atoms with Crippen molar-refractivity contribution < 1.29 is 14.2 Å². The van der Waals surface area contributed by atoms with E-state index in [1.54, 1.807) is 13.2 Å². The maximum atomic E-state index is 12.4. The van der Waals surface area contributed by atoms with Crippen LogP contribution in [-0.4, -0.2) is 30.3 Å². The molecule has 1 fully saturated rings. The maximum absolute atomic E-state index is 12.4. The fourth-order valence-electron chi connectivity index (χ4n) is 3.78. The molecule has 30 heavy (non-hydrogen) atoms. The van der Waals surface area contributed by atoms with Gasteiger partial charge in [-0.25, -0.2) is 4.98 Å². The lowest BCUT2D eigenvalue weighted by Crippen LogP contribution is -2.30. The molecule has 1 N–H and O–H groups in total. The molecule has 7 heteroatoms. The van der Waals surface area contributed by atoms with E-state index in [1.807, 2.05) is 12.1 Å². The molecule has 2 aromatic rings. The standard InChI is InChI=1S/C23H27N3O4/c1-23(2,3)21-15-10-14(12-24)22(27)26-19(15)20-17(30-21)11-16(29-9-5-8-28-4)18(25-20)13-6-7-13/h10-11,13,21H,5-9H2,1-4H3,(H,26,27). The Bertz CT molecular complexity index is 1060. The topological polar surface area (TPSA) is 97.2 Å². The van der Waals surface area contributed by atoms with Crippen LogP contribution in [0.25, 0.3) is 11.4 Å². The molecule has 0 aromatic carbocycles. The van der Waals surface area contributed by atoms with Gasteiger partial charge in [0, 0.05) is 43.1 Å². The van der Waals surface area contributed by atoms with Crippen LogP contribution < -0.4 is 15.0 Å². The van der Waals surface area contributed by atoms with Gasteiger partial charge in [0.25, 0.3) is 5.56 Å². The number of H-pyrrole nitrogens is 1. The number of methoxy groups -OCH3 is 1. The van der Waals surface area contributed by atoms with Gasteiger partial charge in [0.2, 0.25) is 0 Å². The summed E-state index contributed by atoms with van der Waals surface area (Å²) in [6, 6.07) is 5.52. The highest BCUT2D eigenvalue weighted by Crippen LogP contribution is 2.51. The van der Waals surface area contributed by atoms with Gasteiger partial charge < -0.3 is 19.2 Å². The number of hydrogen-bond donors (Lipinski definition) is 1. The summed E-state index contributed by atoms with van der Waals surface area (Å²) >= 11 is 0. The molecule has 4 rings (SSSR count). The van der Waals surface area contributed by atoms with Gasteiger partial charge in [-0.3, -0.25) is 4.79 Å². The molecule has 0 spiro atoms. The van der Waals surface area contributed by atoms with Crippen molar-refractivity contribution in [3.63, 3.8) is 0 Å². The van der Waals surface area contributed by atoms with E-state index in [9.17, 15) is 10.1 Å². The first-order valence-corrected chi connectivity index (χ1v) is 10.3. The molecule has 1 unspecified atom stereocenters. The van der Waals surface area contributed by atoms with Gasteiger partial charge in [-0.1, -0.05) is 20.8 Å². The van der Waals surface area contributed by atoms with Gasteiger partial charge in [-0.2, -0.15) is 5.26 Å². The fourth-order valence-corrected chi connectivity index (χ4v) is 3.78. The molecule has 0 bridgehead atoms. The number of nitriles is 1. The third kappa shape index (κ3) is 3.80. The highest BCUT2D eigenvalue weighted by molar-refractivity contribution is 5.71. The van der Waals surface area contributed by atoms with Crippen LogP contribution in [0.15, 0.2) is 16.9 Å². The molecule has 0 amide bonds. The van der Waals surface area contributed by atoms with Crippen LogP contribution in [0.4, 0.5) is 0 Å². The predicted octanol–water partition coefficient (Wildman–Crippen LogP) is 4.08. The number of fused-ring (bicyclic) bond motifs is 3. The Hall–Kier alpha value is -2.85. The Kier molecular flexibility index (Phi) is 5.29. The Morgan fingerprint density at radius 2 is 2.07 bits per heavy atom. The summed E-state index contributed by atoms with van der Waals surface area (Å²) < 4.78 is 17.5. The van der Waals surface area contributed by atoms with Crippen LogP contribution in [0.2, 0.25) is 0 Å². The number of ether oxygens (including phenoxy) is 3. The first-order chi connectivity index (χ1) is 14.3. The second-order valence-corrected chi connectivity index (χ2v) is 9.01. The summed E-state index contributed by atoms with van der Waals surface area (Å²) in [6.07, 6.45) is 2.60. The Balaban J connectivity index is 1.83. The first-order valence-electron chi connectivity index (χ1n) is 10.3. The molecule has 1 saturated carbocycles. The molecule has 1 atom stereocenters. The minimum atomic E-state index is -0.411. The van der Waals surface area contributed by atoms with E-state index in [1.165, 1.54) is 0 Å². The van der Waals surface area contributed by atoms with Gasteiger partial charge in [-0.15, -0.1) is 0 Å². The van der Waals surface area contributed by atoms with E-state index in [2.05, 4.69) is 25.8 Å². The average molecular weight is 409 g/mol. The molecular weight excluding hydrogens is 382 g/mol. The maximum Gasteiger partial charge on any atom is 0.266 e. The van der Waals surface area contributed by atoms with Crippen molar-refractivity contribution in [2.45, 2.75) is 52.1 Å². The zero-order valence-electron chi connectivity index (χ0n) is 17.9. The third-order valence-corrected chi connectivity index (χ3v) is 5.44. The van der Waals surface area contributed by atoms with Gasteiger partial charge >= 0.3 is 0 Å². The smallest absolute Gasteiger partial charge is 0.266 e. The van der Waals surface area contributed by atoms with E-state index in [0.717, 1.165) is 36.3 Å². The van der Waals surface area contributed by atoms with Crippen molar-refractivity contribution in [1.29, 1.82) is 5.26 Å². The van der Waals surface area contributed by atoms with E-state index in [4.69, 9.17) is 19.2 Å². The predicted molar refractivity (Wildman–Crippen MR) is 112 cm³/mol. The summed E-state index contributed by atoms with van der Waals surface area (Å²) in [7, 11) is 1.67. The minimum Gasteiger partial charge on any atom is -0.491 e. The molecular formula is C23H27N3O4.